The molecule has 0 spiro atoms. The Labute approximate surface area is 69.0 Å². The minimum absolute atomic E-state index is 0.283. The maximum absolute atomic E-state index is 9.25. The van der Waals surface area contributed by atoms with Crippen molar-refractivity contribution >= 4 is 0 Å². The van der Waals surface area contributed by atoms with Gasteiger partial charge in [-0.05, 0) is 26.3 Å². The first-order valence-electron chi connectivity index (χ1n) is 4.32. The van der Waals surface area contributed by atoms with Gasteiger partial charge in [-0.15, -0.1) is 0 Å². The van der Waals surface area contributed by atoms with E-state index in [9.17, 15) is 5.11 Å². The van der Waals surface area contributed by atoms with Crippen LogP contribution in [0.15, 0.2) is 0 Å². The molecule has 3 nitrogen and oxygen atoms in total. The summed E-state index contributed by atoms with van der Waals surface area (Å²) < 4.78 is 0. The summed E-state index contributed by atoms with van der Waals surface area (Å²) in [6, 6.07) is 0.488. The molecular weight excluding hydrogens is 140 g/mol. The van der Waals surface area contributed by atoms with E-state index in [2.05, 4.69) is 19.2 Å². The largest absolute Gasteiger partial charge is 0.392 e. The summed E-state index contributed by atoms with van der Waals surface area (Å²) in [6.07, 6.45) is 1.49. The SMILES string of the molecule is CCC(C)NCC(O)CCN. The van der Waals surface area contributed by atoms with Crippen molar-refractivity contribution in [3.63, 3.8) is 0 Å². The molecule has 0 bridgehead atoms. The average Bonchev–Trinajstić information content (AvgIpc) is 2.01. The van der Waals surface area contributed by atoms with Crippen LogP contribution in [0.25, 0.3) is 0 Å². The molecule has 0 aromatic heterocycles. The summed E-state index contributed by atoms with van der Waals surface area (Å²) >= 11 is 0. The van der Waals surface area contributed by atoms with Crippen LogP contribution in [0.1, 0.15) is 26.7 Å². The first-order valence-corrected chi connectivity index (χ1v) is 4.32. The summed E-state index contributed by atoms with van der Waals surface area (Å²) in [5.41, 5.74) is 5.28. The number of nitrogens with one attached hydrogen (secondary N) is 1. The van der Waals surface area contributed by atoms with Crippen LogP contribution in [0, 0.1) is 0 Å². The highest BCUT2D eigenvalue weighted by atomic mass is 16.3. The summed E-state index contributed by atoms with van der Waals surface area (Å²) in [4.78, 5) is 0. The highest BCUT2D eigenvalue weighted by Gasteiger charge is 2.03. The molecule has 2 atom stereocenters. The number of rotatable bonds is 6. The first-order chi connectivity index (χ1) is 5.20. The van der Waals surface area contributed by atoms with E-state index >= 15 is 0 Å². The third-order valence-corrected chi connectivity index (χ3v) is 1.81. The van der Waals surface area contributed by atoms with Crippen molar-refractivity contribution in [1.82, 2.24) is 5.32 Å². The smallest absolute Gasteiger partial charge is 0.0676 e. The molecule has 0 radical (unpaired) electrons. The minimum atomic E-state index is -0.283. The molecule has 3 heteroatoms. The van der Waals surface area contributed by atoms with E-state index < -0.39 is 0 Å². The number of hydrogen-bond acceptors (Lipinski definition) is 3. The van der Waals surface area contributed by atoms with Gasteiger partial charge in [-0.25, -0.2) is 0 Å². The summed E-state index contributed by atoms with van der Waals surface area (Å²) in [6.45, 7) is 5.44. The van der Waals surface area contributed by atoms with Crippen molar-refractivity contribution < 1.29 is 5.11 Å². The Morgan fingerprint density at radius 2 is 2.18 bits per heavy atom. The van der Waals surface area contributed by atoms with Gasteiger partial charge in [0.25, 0.3) is 0 Å². The quantitative estimate of drug-likeness (QED) is 0.516. The molecule has 0 saturated heterocycles. The highest BCUT2D eigenvalue weighted by molar-refractivity contribution is 4.63. The monoisotopic (exact) mass is 160 g/mol. The Bertz CT molecular complexity index is 88.2. The molecule has 0 saturated carbocycles. The van der Waals surface area contributed by atoms with Crippen molar-refractivity contribution in [2.24, 2.45) is 5.73 Å². The number of aliphatic hydroxyl groups is 1. The van der Waals surface area contributed by atoms with E-state index in [-0.39, 0.29) is 6.10 Å². The third-order valence-electron chi connectivity index (χ3n) is 1.81. The van der Waals surface area contributed by atoms with Gasteiger partial charge in [0, 0.05) is 12.6 Å². The predicted molar refractivity (Wildman–Crippen MR) is 47.4 cm³/mol. The first kappa shape index (κ1) is 10.9. The Hall–Kier alpha value is -0.120. The zero-order chi connectivity index (χ0) is 8.69. The molecule has 0 aliphatic carbocycles. The fourth-order valence-corrected chi connectivity index (χ4v) is 0.776. The van der Waals surface area contributed by atoms with E-state index in [0.29, 0.717) is 25.6 Å². The Morgan fingerprint density at radius 1 is 1.55 bits per heavy atom. The van der Waals surface area contributed by atoms with Crippen molar-refractivity contribution in [2.75, 3.05) is 13.1 Å². The van der Waals surface area contributed by atoms with Crippen LogP contribution in [0.4, 0.5) is 0 Å². The fourth-order valence-electron chi connectivity index (χ4n) is 0.776. The number of nitrogens with two attached hydrogens (primary N) is 1. The molecule has 68 valence electrons. The second-order valence-electron chi connectivity index (χ2n) is 2.95. The number of aliphatic hydroxyl groups excluding tert-OH is 1. The lowest BCUT2D eigenvalue weighted by Crippen LogP contribution is -2.34. The standard InChI is InChI=1S/C8H20N2O/c1-3-7(2)10-6-8(11)4-5-9/h7-8,10-11H,3-6,9H2,1-2H3. The van der Waals surface area contributed by atoms with Crippen LogP contribution in [0.3, 0.4) is 0 Å². The molecule has 0 aliphatic rings. The van der Waals surface area contributed by atoms with Gasteiger partial charge in [-0.3, -0.25) is 0 Å². The van der Waals surface area contributed by atoms with Crippen molar-refractivity contribution in [2.45, 2.75) is 38.8 Å². The van der Waals surface area contributed by atoms with Gasteiger partial charge in [0.2, 0.25) is 0 Å². The van der Waals surface area contributed by atoms with Gasteiger partial charge in [-0.1, -0.05) is 6.92 Å². The maximum Gasteiger partial charge on any atom is 0.0676 e. The van der Waals surface area contributed by atoms with E-state index in [0.717, 1.165) is 6.42 Å². The zero-order valence-electron chi connectivity index (χ0n) is 7.51. The molecule has 0 aliphatic heterocycles. The molecule has 0 rings (SSSR count). The minimum Gasteiger partial charge on any atom is -0.392 e. The second kappa shape index (κ2) is 6.58. The molecule has 0 aromatic carbocycles. The summed E-state index contributed by atoms with van der Waals surface area (Å²) in [7, 11) is 0. The molecule has 11 heavy (non-hydrogen) atoms. The van der Waals surface area contributed by atoms with Gasteiger partial charge in [0.05, 0.1) is 6.10 Å². The fraction of sp³-hybridized carbons (Fsp3) is 1.00. The Morgan fingerprint density at radius 3 is 2.64 bits per heavy atom. The van der Waals surface area contributed by atoms with Crippen molar-refractivity contribution in [3.05, 3.63) is 0 Å². The van der Waals surface area contributed by atoms with Crippen LogP contribution < -0.4 is 11.1 Å². The topological polar surface area (TPSA) is 58.3 Å². The van der Waals surface area contributed by atoms with Crippen molar-refractivity contribution in [1.29, 1.82) is 0 Å². The molecular formula is C8H20N2O. The summed E-state index contributed by atoms with van der Waals surface area (Å²) in [5, 5.41) is 12.5. The zero-order valence-corrected chi connectivity index (χ0v) is 7.51. The van der Waals surface area contributed by atoms with Crippen LogP contribution >= 0.6 is 0 Å². The van der Waals surface area contributed by atoms with Crippen LogP contribution in [-0.2, 0) is 0 Å². The Kier molecular flexibility index (Phi) is 6.51. The second-order valence-corrected chi connectivity index (χ2v) is 2.95. The lowest BCUT2D eigenvalue weighted by Gasteiger charge is -2.14. The van der Waals surface area contributed by atoms with Crippen LogP contribution in [0.5, 0.6) is 0 Å². The van der Waals surface area contributed by atoms with E-state index in [1.807, 2.05) is 0 Å². The van der Waals surface area contributed by atoms with Gasteiger partial charge in [-0.2, -0.15) is 0 Å². The summed E-state index contributed by atoms with van der Waals surface area (Å²) in [5.74, 6) is 0. The average molecular weight is 160 g/mol. The predicted octanol–water partition coefficient (Wildman–Crippen LogP) is 0.0842. The molecule has 4 N–H and O–H groups in total. The van der Waals surface area contributed by atoms with E-state index in [4.69, 9.17) is 5.73 Å². The molecule has 2 unspecified atom stereocenters. The van der Waals surface area contributed by atoms with E-state index in [1.165, 1.54) is 0 Å². The Balaban J connectivity index is 3.22. The highest BCUT2D eigenvalue weighted by Crippen LogP contribution is 1.91. The molecule has 0 fully saturated rings. The molecule has 0 aromatic rings. The molecule has 0 amide bonds. The normalized spacial score (nSPS) is 16.4. The maximum atomic E-state index is 9.25. The number of hydrogen-bond donors (Lipinski definition) is 3. The van der Waals surface area contributed by atoms with Crippen LogP contribution in [0.2, 0.25) is 0 Å². The lowest BCUT2D eigenvalue weighted by atomic mass is 10.2. The van der Waals surface area contributed by atoms with Gasteiger partial charge >= 0.3 is 0 Å². The lowest BCUT2D eigenvalue weighted by molar-refractivity contribution is 0.160. The van der Waals surface area contributed by atoms with Gasteiger partial charge in [0.1, 0.15) is 0 Å². The third kappa shape index (κ3) is 6.28. The van der Waals surface area contributed by atoms with E-state index in [1.54, 1.807) is 0 Å². The molecule has 0 heterocycles. The van der Waals surface area contributed by atoms with Gasteiger partial charge < -0.3 is 16.2 Å². The van der Waals surface area contributed by atoms with Gasteiger partial charge in [0.15, 0.2) is 0 Å². The van der Waals surface area contributed by atoms with Crippen LogP contribution in [-0.4, -0.2) is 30.3 Å². The van der Waals surface area contributed by atoms with Crippen molar-refractivity contribution in [3.8, 4) is 0 Å².